The molecule has 0 fully saturated rings. The number of aliphatic hydroxyl groups excluding tert-OH is 1. The van der Waals surface area contributed by atoms with Gasteiger partial charge < -0.3 is 14.4 Å². The van der Waals surface area contributed by atoms with Crippen molar-refractivity contribution < 1.29 is 18.7 Å². The van der Waals surface area contributed by atoms with E-state index in [1.807, 2.05) is 48.5 Å². The van der Waals surface area contributed by atoms with Crippen molar-refractivity contribution in [1.29, 1.82) is 0 Å². The van der Waals surface area contributed by atoms with Crippen LogP contribution in [0.4, 0.5) is 10.1 Å². The van der Waals surface area contributed by atoms with Crippen molar-refractivity contribution >= 4 is 11.6 Å². The van der Waals surface area contributed by atoms with Gasteiger partial charge in [-0.05, 0) is 60.5 Å². The summed E-state index contributed by atoms with van der Waals surface area (Å²) in [4.78, 5) is 15.3. The second kappa shape index (κ2) is 8.98. The molecule has 0 saturated heterocycles. The molecule has 4 nitrogen and oxygen atoms in total. The Morgan fingerprint density at radius 3 is 2.35 bits per heavy atom. The number of hydrogen-bond donors (Lipinski definition) is 1. The van der Waals surface area contributed by atoms with Gasteiger partial charge in [0.2, 0.25) is 0 Å². The highest BCUT2D eigenvalue weighted by Gasteiger charge is 2.23. The molecular weight excluding hydrogens is 393 g/mol. The van der Waals surface area contributed by atoms with Crippen LogP contribution in [0.5, 0.6) is 0 Å². The number of rotatable bonds is 6. The Morgan fingerprint density at radius 1 is 0.935 bits per heavy atom. The molecule has 0 aliphatic heterocycles. The monoisotopic (exact) mass is 415 g/mol. The molecule has 4 aromatic rings. The van der Waals surface area contributed by atoms with Gasteiger partial charge in [0, 0.05) is 11.3 Å². The van der Waals surface area contributed by atoms with Gasteiger partial charge in [0.1, 0.15) is 17.3 Å². The molecule has 5 heteroatoms. The molecule has 1 aromatic heterocycles. The average molecular weight is 415 g/mol. The SMILES string of the molecule is Cc1oc(-c2ccc(F)cc2)cc1C(=O)N(Cc1ccccc1)c1cccc(CO)c1. The van der Waals surface area contributed by atoms with Crippen LogP contribution in [0.25, 0.3) is 11.3 Å². The summed E-state index contributed by atoms with van der Waals surface area (Å²) in [5, 5.41) is 9.54. The highest BCUT2D eigenvalue weighted by molar-refractivity contribution is 6.07. The third-order valence-electron chi connectivity index (χ3n) is 5.11. The standard InChI is InChI=1S/C26H22FNO3/c1-18-24(15-25(31-18)21-10-12-22(27)13-11-21)26(30)28(16-19-6-3-2-4-7-19)23-9-5-8-20(14-23)17-29/h2-15,29H,16-17H2,1H3. The maximum atomic E-state index is 13.6. The summed E-state index contributed by atoms with van der Waals surface area (Å²) in [7, 11) is 0. The van der Waals surface area contributed by atoms with Gasteiger partial charge >= 0.3 is 0 Å². The van der Waals surface area contributed by atoms with Crippen LogP contribution in [0, 0.1) is 12.7 Å². The van der Waals surface area contributed by atoms with E-state index in [1.54, 1.807) is 36.1 Å². The molecule has 0 unspecified atom stereocenters. The molecule has 0 bridgehead atoms. The molecule has 1 heterocycles. The highest BCUT2D eigenvalue weighted by Crippen LogP contribution is 2.29. The summed E-state index contributed by atoms with van der Waals surface area (Å²) >= 11 is 0. The number of nitrogens with zero attached hydrogens (tertiary/aromatic N) is 1. The normalized spacial score (nSPS) is 10.8. The maximum absolute atomic E-state index is 13.6. The summed E-state index contributed by atoms with van der Waals surface area (Å²) in [6, 6.07) is 24.6. The number of carbonyl (C=O) groups is 1. The first kappa shape index (κ1) is 20.6. The van der Waals surface area contributed by atoms with Crippen molar-refractivity contribution in [2.24, 2.45) is 0 Å². The number of carbonyl (C=O) groups excluding carboxylic acids is 1. The molecule has 4 rings (SSSR count). The van der Waals surface area contributed by atoms with E-state index in [4.69, 9.17) is 4.42 Å². The quantitative estimate of drug-likeness (QED) is 0.437. The van der Waals surface area contributed by atoms with E-state index in [1.165, 1.54) is 12.1 Å². The molecule has 156 valence electrons. The first-order valence-electron chi connectivity index (χ1n) is 9.97. The molecule has 1 amide bonds. The van der Waals surface area contributed by atoms with Crippen LogP contribution < -0.4 is 4.90 Å². The lowest BCUT2D eigenvalue weighted by atomic mass is 10.1. The molecule has 0 aliphatic rings. The summed E-state index contributed by atoms with van der Waals surface area (Å²) in [6.45, 7) is 2.00. The van der Waals surface area contributed by atoms with Crippen LogP contribution in [0.1, 0.15) is 27.2 Å². The highest BCUT2D eigenvalue weighted by atomic mass is 19.1. The average Bonchev–Trinajstić information content (AvgIpc) is 3.19. The summed E-state index contributed by atoms with van der Waals surface area (Å²) in [5.41, 5.74) is 3.51. The van der Waals surface area contributed by atoms with E-state index in [9.17, 15) is 14.3 Å². The molecule has 0 atom stereocenters. The van der Waals surface area contributed by atoms with Crippen molar-refractivity contribution in [2.75, 3.05) is 4.90 Å². The van der Waals surface area contributed by atoms with E-state index in [2.05, 4.69) is 0 Å². The lowest BCUT2D eigenvalue weighted by Crippen LogP contribution is -2.30. The second-order valence-corrected chi connectivity index (χ2v) is 7.29. The number of anilines is 1. The Bertz CT molecular complexity index is 1180. The smallest absolute Gasteiger partial charge is 0.262 e. The number of furan rings is 1. The molecule has 0 aliphatic carbocycles. The van der Waals surface area contributed by atoms with Crippen LogP contribution in [-0.2, 0) is 13.2 Å². The Labute approximate surface area is 180 Å². The van der Waals surface area contributed by atoms with Crippen molar-refractivity contribution in [3.8, 4) is 11.3 Å². The summed E-state index contributed by atoms with van der Waals surface area (Å²) in [5.74, 6) is 0.444. The van der Waals surface area contributed by atoms with Crippen LogP contribution in [0.2, 0.25) is 0 Å². The van der Waals surface area contributed by atoms with Crippen molar-refractivity contribution in [3.05, 3.63) is 113 Å². The number of aliphatic hydroxyl groups is 1. The van der Waals surface area contributed by atoms with E-state index in [0.29, 0.717) is 34.9 Å². The summed E-state index contributed by atoms with van der Waals surface area (Å²) < 4.78 is 19.1. The number of halogens is 1. The fourth-order valence-corrected chi connectivity index (χ4v) is 3.47. The number of aryl methyl sites for hydroxylation is 1. The third kappa shape index (κ3) is 4.57. The van der Waals surface area contributed by atoms with Gasteiger partial charge in [-0.2, -0.15) is 0 Å². The Hall–Kier alpha value is -3.70. The molecular formula is C26H22FNO3. The van der Waals surface area contributed by atoms with Crippen molar-refractivity contribution in [3.63, 3.8) is 0 Å². The minimum absolute atomic E-state index is 0.110. The Balaban J connectivity index is 1.72. The first-order valence-corrected chi connectivity index (χ1v) is 9.97. The molecule has 3 aromatic carbocycles. The fraction of sp³-hybridized carbons (Fsp3) is 0.115. The molecule has 0 spiro atoms. The second-order valence-electron chi connectivity index (χ2n) is 7.29. The molecule has 0 saturated carbocycles. The largest absolute Gasteiger partial charge is 0.461 e. The van der Waals surface area contributed by atoms with Crippen LogP contribution in [0.3, 0.4) is 0 Å². The van der Waals surface area contributed by atoms with Crippen LogP contribution in [-0.4, -0.2) is 11.0 Å². The van der Waals surface area contributed by atoms with E-state index < -0.39 is 0 Å². The number of amides is 1. The predicted molar refractivity (Wildman–Crippen MR) is 118 cm³/mol. The van der Waals surface area contributed by atoms with E-state index in [-0.39, 0.29) is 18.3 Å². The lowest BCUT2D eigenvalue weighted by molar-refractivity contribution is 0.0983. The van der Waals surface area contributed by atoms with Gasteiger partial charge in [-0.25, -0.2) is 4.39 Å². The minimum Gasteiger partial charge on any atom is -0.461 e. The lowest BCUT2D eigenvalue weighted by Gasteiger charge is -2.23. The number of hydrogen-bond acceptors (Lipinski definition) is 3. The topological polar surface area (TPSA) is 53.7 Å². The van der Waals surface area contributed by atoms with Crippen molar-refractivity contribution in [2.45, 2.75) is 20.1 Å². The fourth-order valence-electron chi connectivity index (χ4n) is 3.47. The van der Waals surface area contributed by atoms with Gasteiger partial charge in [0.15, 0.2) is 0 Å². The molecule has 1 N–H and O–H groups in total. The van der Waals surface area contributed by atoms with Gasteiger partial charge in [0.25, 0.3) is 5.91 Å². The first-order chi connectivity index (χ1) is 15.0. The minimum atomic E-state index is -0.332. The third-order valence-corrected chi connectivity index (χ3v) is 5.11. The Kier molecular flexibility index (Phi) is 5.96. The zero-order valence-electron chi connectivity index (χ0n) is 17.1. The van der Waals surface area contributed by atoms with Gasteiger partial charge in [-0.3, -0.25) is 4.79 Å². The molecule has 31 heavy (non-hydrogen) atoms. The number of benzene rings is 3. The van der Waals surface area contributed by atoms with Crippen LogP contribution in [0.15, 0.2) is 89.3 Å². The van der Waals surface area contributed by atoms with Gasteiger partial charge in [-0.1, -0.05) is 42.5 Å². The van der Waals surface area contributed by atoms with Gasteiger partial charge in [-0.15, -0.1) is 0 Å². The van der Waals surface area contributed by atoms with E-state index in [0.717, 1.165) is 11.1 Å². The van der Waals surface area contributed by atoms with E-state index >= 15 is 0 Å². The zero-order chi connectivity index (χ0) is 21.8. The maximum Gasteiger partial charge on any atom is 0.262 e. The van der Waals surface area contributed by atoms with Gasteiger partial charge in [0.05, 0.1) is 18.7 Å². The zero-order valence-corrected chi connectivity index (χ0v) is 17.1. The predicted octanol–water partition coefficient (Wildman–Crippen LogP) is 5.73. The van der Waals surface area contributed by atoms with Crippen LogP contribution >= 0.6 is 0 Å². The molecule has 0 radical (unpaired) electrons. The Morgan fingerprint density at radius 2 is 1.65 bits per heavy atom. The van der Waals surface area contributed by atoms with Crippen molar-refractivity contribution in [1.82, 2.24) is 0 Å². The summed E-state index contributed by atoms with van der Waals surface area (Å²) in [6.07, 6.45) is 0.